The van der Waals surface area contributed by atoms with E-state index in [0.717, 1.165) is 33.3 Å². The number of imidazole rings is 1. The Labute approximate surface area is 169 Å². The SMILES string of the molecule is CC(C)(O)c1ccccc1-c1ccc2nc(C#Cc3ccc(Cl)cc3)[nH]c2c1. The van der Waals surface area contributed by atoms with E-state index in [1.54, 1.807) is 13.8 Å². The van der Waals surface area contributed by atoms with Gasteiger partial charge < -0.3 is 10.1 Å². The lowest BCUT2D eigenvalue weighted by molar-refractivity contribution is 0.0792. The summed E-state index contributed by atoms with van der Waals surface area (Å²) in [6.07, 6.45) is 0. The normalized spacial score (nSPS) is 11.3. The van der Waals surface area contributed by atoms with E-state index in [0.29, 0.717) is 10.8 Å². The maximum atomic E-state index is 10.5. The Morgan fingerprint density at radius 2 is 1.71 bits per heavy atom. The summed E-state index contributed by atoms with van der Waals surface area (Å²) in [6, 6.07) is 21.3. The van der Waals surface area contributed by atoms with E-state index in [1.807, 2.05) is 66.7 Å². The molecule has 3 aromatic carbocycles. The molecule has 0 unspecified atom stereocenters. The van der Waals surface area contributed by atoms with Crippen molar-refractivity contribution in [1.29, 1.82) is 0 Å². The van der Waals surface area contributed by atoms with Gasteiger partial charge in [0.05, 0.1) is 16.6 Å². The lowest BCUT2D eigenvalue weighted by Crippen LogP contribution is -2.16. The minimum absolute atomic E-state index is 0.609. The van der Waals surface area contributed by atoms with Crippen LogP contribution in [0.4, 0.5) is 0 Å². The van der Waals surface area contributed by atoms with Gasteiger partial charge in [-0.1, -0.05) is 47.9 Å². The average molecular weight is 387 g/mol. The van der Waals surface area contributed by atoms with E-state index in [2.05, 4.69) is 21.8 Å². The van der Waals surface area contributed by atoms with Crippen LogP contribution >= 0.6 is 11.6 Å². The number of hydrogen-bond acceptors (Lipinski definition) is 2. The van der Waals surface area contributed by atoms with E-state index >= 15 is 0 Å². The van der Waals surface area contributed by atoms with Crippen LogP contribution in [-0.4, -0.2) is 15.1 Å². The lowest BCUT2D eigenvalue weighted by Gasteiger charge is -2.21. The maximum absolute atomic E-state index is 10.5. The lowest BCUT2D eigenvalue weighted by atomic mass is 9.89. The molecular formula is C24H19ClN2O. The second kappa shape index (κ2) is 7.16. The predicted molar refractivity (Wildman–Crippen MR) is 114 cm³/mol. The Kier molecular flexibility index (Phi) is 4.68. The molecule has 0 amide bonds. The Balaban J connectivity index is 1.71. The van der Waals surface area contributed by atoms with Gasteiger partial charge in [-0.2, -0.15) is 0 Å². The molecule has 0 atom stereocenters. The molecule has 0 saturated heterocycles. The standard InChI is InChI=1S/C24H19ClN2O/c1-24(2,28)20-6-4-3-5-19(20)17-10-13-21-22(15-17)27-23(26-21)14-9-16-7-11-18(25)12-8-16/h3-8,10-13,15,28H,1-2H3,(H,26,27). The molecule has 28 heavy (non-hydrogen) atoms. The zero-order valence-corrected chi connectivity index (χ0v) is 16.4. The molecule has 0 spiro atoms. The van der Waals surface area contributed by atoms with E-state index in [4.69, 9.17) is 11.6 Å². The van der Waals surface area contributed by atoms with Gasteiger partial charge in [0.2, 0.25) is 0 Å². The Morgan fingerprint density at radius 3 is 2.46 bits per heavy atom. The summed E-state index contributed by atoms with van der Waals surface area (Å²) in [5, 5.41) is 11.2. The predicted octanol–water partition coefficient (Wildman–Crippen LogP) is 5.51. The first-order chi connectivity index (χ1) is 13.4. The smallest absolute Gasteiger partial charge is 0.184 e. The van der Waals surface area contributed by atoms with Crippen LogP contribution in [0.25, 0.3) is 22.2 Å². The third-order valence-corrected chi connectivity index (χ3v) is 4.80. The molecule has 2 N–H and O–H groups in total. The van der Waals surface area contributed by atoms with Crippen molar-refractivity contribution in [3.05, 3.63) is 88.7 Å². The van der Waals surface area contributed by atoms with Gasteiger partial charge in [-0.25, -0.2) is 4.98 Å². The molecule has 0 bridgehead atoms. The quantitative estimate of drug-likeness (QED) is 0.446. The van der Waals surface area contributed by atoms with Crippen molar-refractivity contribution in [3.8, 4) is 23.0 Å². The molecule has 0 saturated carbocycles. The van der Waals surface area contributed by atoms with Crippen LogP contribution < -0.4 is 0 Å². The molecule has 0 fully saturated rings. The van der Waals surface area contributed by atoms with Crippen LogP contribution in [0, 0.1) is 11.8 Å². The molecule has 138 valence electrons. The summed E-state index contributed by atoms with van der Waals surface area (Å²) in [4.78, 5) is 7.82. The van der Waals surface area contributed by atoms with Crippen molar-refractivity contribution < 1.29 is 5.11 Å². The zero-order chi connectivity index (χ0) is 19.7. The molecule has 0 aliphatic rings. The fourth-order valence-electron chi connectivity index (χ4n) is 3.17. The molecule has 0 aliphatic carbocycles. The topological polar surface area (TPSA) is 48.9 Å². The number of aromatic amines is 1. The number of H-pyrrole nitrogens is 1. The molecule has 0 aliphatic heterocycles. The molecule has 1 heterocycles. The largest absolute Gasteiger partial charge is 0.386 e. The van der Waals surface area contributed by atoms with Crippen LogP contribution in [0.5, 0.6) is 0 Å². The molecule has 4 heteroatoms. The highest BCUT2D eigenvalue weighted by atomic mass is 35.5. The van der Waals surface area contributed by atoms with E-state index in [9.17, 15) is 5.11 Å². The highest BCUT2D eigenvalue weighted by molar-refractivity contribution is 6.30. The molecule has 4 rings (SSSR count). The maximum Gasteiger partial charge on any atom is 0.184 e. The highest BCUT2D eigenvalue weighted by Gasteiger charge is 2.20. The zero-order valence-electron chi connectivity index (χ0n) is 15.6. The number of fused-ring (bicyclic) bond motifs is 1. The van der Waals surface area contributed by atoms with E-state index < -0.39 is 5.60 Å². The van der Waals surface area contributed by atoms with Crippen molar-refractivity contribution in [2.24, 2.45) is 0 Å². The van der Waals surface area contributed by atoms with Crippen molar-refractivity contribution >= 4 is 22.6 Å². The first kappa shape index (κ1) is 18.3. The minimum atomic E-state index is -0.922. The van der Waals surface area contributed by atoms with Gasteiger partial charge in [-0.05, 0) is 72.9 Å². The third-order valence-electron chi connectivity index (χ3n) is 4.55. The van der Waals surface area contributed by atoms with Crippen LogP contribution in [0.15, 0.2) is 66.7 Å². The summed E-state index contributed by atoms with van der Waals surface area (Å²) < 4.78 is 0. The molecular weight excluding hydrogens is 368 g/mol. The second-order valence-corrected chi connectivity index (χ2v) is 7.62. The van der Waals surface area contributed by atoms with Gasteiger partial charge in [0, 0.05) is 10.6 Å². The van der Waals surface area contributed by atoms with Crippen molar-refractivity contribution in [2.75, 3.05) is 0 Å². The van der Waals surface area contributed by atoms with Gasteiger partial charge in [0.15, 0.2) is 5.82 Å². The Bertz CT molecular complexity index is 1210. The fraction of sp³-hybridized carbons (Fsp3) is 0.125. The average Bonchev–Trinajstić information content (AvgIpc) is 3.09. The summed E-state index contributed by atoms with van der Waals surface area (Å²) in [6.45, 7) is 3.59. The summed E-state index contributed by atoms with van der Waals surface area (Å²) in [5.41, 5.74) is 4.62. The van der Waals surface area contributed by atoms with Crippen molar-refractivity contribution in [3.63, 3.8) is 0 Å². The van der Waals surface area contributed by atoms with Crippen molar-refractivity contribution in [1.82, 2.24) is 9.97 Å². The van der Waals surface area contributed by atoms with Gasteiger partial charge in [0.25, 0.3) is 0 Å². The number of nitrogens with zero attached hydrogens (tertiary/aromatic N) is 1. The monoisotopic (exact) mass is 386 g/mol. The number of benzene rings is 3. The third kappa shape index (κ3) is 3.80. The Hall–Kier alpha value is -3.06. The molecule has 3 nitrogen and oxygen atoms in total. The van der Waals surface area contributed by atoms with Crippen LogP contribution in [0.1, 0.15) is 30.8 Å². The van der Waals surface area contributed by atoms with Gasteiger partial charge in [-0.3, -0.25) is 0 Å². The van der Waals surface area contributed by atoms with Gasteiger partial charge >= 0.3 is 0 Å². The summed E-state index contributed by atoms with van der Waals surface area (Å²) in [5.74, 6) is 6.76. The number of halogens is 1. The van der Waals surface area contributed by atoms with Gasteiger partial charge in [-0.15, -0.1) is 0 Å². The van der Waals surface area contributed by atoms with Crippen LogP contribution in [0.2, 0.25) is 5.02 Å². The minimum Gasteiger partial charge on any atom is -0.386 e. The molecule has 1 aromatic heterocycles. The van der Waals surface area contributed by atoms with E-state index in [-0.39, 0.29) is 0 Å². The van der Waals surface area contributed by atoms with E-state index in [1.165, 1.54) is 0 Å². The van der Waals surface area contributed by atoms with Crippen molar-refractivity contribution in [2.45, 2.75) is 19.4 Å². The highest BCUT2D eigenvalue weighted by Crippen LogP contribution is 2.32. The molecule has 0 radical (unpaired) electrons. The summed E-state index contributed by atoms with van der Waals surface area (Å²) >= 11 is 5.90. The second-order valence-electron chi connectivity index (χ2n) is 7.18. The van der Waals surface area contributed by atoms with Crippen LogP contribution in [0.3, 0.4) is 0 Å². The number of hydrogen-bond donors (Lipinski definition) is 2. The Morgan fingerprint density at radius 1 is 0.964 bits per heavy atom. The van der Waals surface area contributed by atoms with Crippen LogP contribution in [-0.2, 0) is 5.60 Å². The number of rotatable bonds is 2. The molecule has 4 aromatic rings. The fourth-order valence-corrected chi connectivity index (χ4v) is 3.30. The first-order valence-electron chi connectivity index (χ1n) is 9.00. The number of aliphatic hydroxyl groups is 1. The summed E-state index contributed by atoms with van der Waals surface area (Å²) in [7, 11) is 0. The number of nitrogens with one attached hydrogen (secondary N) is 1. The van der Waals surface area contributed by atoms with Gasteiger partial charge in [0.1, 0.15) is 0 Å². The first-order valence-corrected chi connectivity index (χ1v) is 9.37. The number of aromatic nitrogens is 2.